The number of amides is 1. The monoisotopic (exact) mass is 375 g/mol. The first-order valence-electron chi connectivity index (χ1n) is 8.81. The summed E-state index contributed by atoms with van der Waals surface area (Å²) >= 11 is 0. The van der Waals surface area contributed by atoms with Gasteiger partial charge in [-0.3, -0.25) is 4.79 Å². The Morgan fingerprint density at radius 3 is 2.50 bits per heavy atom. The van der Waals surface area contributed by atoms with Crippen LogP contribution in [0.4, 0.5) is 10.1 Å². The molecule has 0 atom stereocenters. The summed E-state index contributed by atoms with van der Waals surface area (Å²) in [6.45, 7) is -0.270. The van der Waals surface area contributed by atoms with Crippen LogP contribution in [0.1, 0.15) is 0 Å². The van der Waals surface area contributed by atoms with Gasteiger partial charge in [0, 0.05) is 18.3 Å². The fourth-order valence-electron chi connectivity index (χ4n) is 3.01. The van der Waals surface area contributed by atoms with Gasteiger partial charge in [0.1, 0.15) is 5.82 Å². The van der Waals surface area contributed by atoms with E-state index in [4.69, 9.17) is 4.74 Å². The van der Waals surface area contributed by atoms with Crippen molar-refractivity contribution in [3.63, 3.8) is 0 Å². The predicted octanol–water partition coefficient (Wildman–Crippen LogP) is 4.40. The summed E-state index contributed by atoms with van der Waals surface area (Å²) in [4.78, 5) is 16.7. The van der Waals surface area contributed by atoms with Gasteiger partial charge in [-0.1, -0.05) is 24.3 Å². The maximum Gasteiger partial charge on any atom is 0.262 e. The molecule has 140 valence electrons. The van der Waals surface area contributed by atoms with Crippen molar-refractivity contribution in [2.45, 2.75) is 0 Å². The highest BCUT2D eigenvalue weighted by Crippen LogP contribution is 2.24. The van der Waals surface area contributed by atoms with Crippen LogP contribution in [-0.2, 0) is 11.8 Å². The van der Waals surface area contributed by atoms with Gasteiger partial charge in [0.15, 0.2) is 18.2 Å². The molecule has 0 bridgehead atoms. The second-order valence-electron chi connectivity index (χ2n) is 6.33. The number of aryl methyl sites for hydroxylation is 1. The summed E-state index contributed by atoms with van der Waals surface area (Å²) in [5.41, 5.74) is 3.56. The van der Waals surface area contributed by atoms with Crippen LogP contribution in [0.2, 0.25) is 0 Å². The van der Waals surface area contributed by atoms with Crippen molar-refractivity contribution in [2.75, 3.05) is 11.9 Å². The first kappa shape index (κ1) is 17.7. The molecule has 4 aromatic rings. The second-order valence-corrected chi connectivity index (χ2v) is 6.33. The van der Waals surface area contributed by atoms with Crippen LogP contribution in [0.15, 0.2) is 72.8 Å². The first-order valence-corrected chi connectivity index (χ1v) is 8.81. The number of hydrogen-bond acceptors (Lipinski definition) is 3. The van der Waals surface area contributed by atoms with Gasteiger partial charge >= 0.3 is 0 Å². The zero-order valence-corrected chi connectivity index (χ0v) is 15.2. The molecule has 3 aromatic carbocycles. The minimum Gasteiger partial charge on any atom is -0.481 e. The summed E-state index contributed by atoms with van der Waals surface area (Å²) in [5, 5.41) is 2.74. The van der Waals surface area contributed by atoms with E-state index in [1.54, 1.807) is 24.3 Å². The molecule has 6 heteroatoms. The molecule has 1 aromatic heterocycles. The number of nitrogens with one attached hydrogen (secondary N) is 1. The van der Waals surface area contributed by atoms with Crippen molar-refractivity contribution < 1.29 is 13.9 Å². The zero-order valence-electron chi connectivity index (χ0n) is 15.2. The van der Waals surface area contributed by atoms with E-state index in [1.165, 1.54) is 12.1 Å². The zero-order chi connectivity index (χ0) is 19.5. The van der Waals surface area contributed by atoms with Crippen molar-refractivity contribution in [1.29, 1.82) is 0 Å². The smallest absolute Gasteiger partial charge is 0.262 e. The lowest BCUT2D eigenvalue weighted by Crippen LogP contribution is -2.20. The number of carbonyl (C=O) groups is 1. The summed E-state index contributed by atoms with van der Waals surface area (Å²) in [7, 11) is 1.97. The maximum atomic E-state index is 13.5. The Hall–Kier alpha value is -3.67. The van der Waals surface area contributed by atoms with Crippen LogP contribution < -0.4 is 10.1 Å². The lowest BCUT2D eigenvalue weighted by Gasteiger charge is -2.09. The third-order valence-corrected chi connectivity index (χ3v) is 4.41. The molecule has 0 aliphatic rings. The van der Waals surface area contributed by atoms with E-state index in [-0.39, 0.29) is 18.3 Å². The number of aromatic nitrogens is 2. The fraction of sp³-hybridized carbons (Fsp3) is 0.0909. The Morgan fingerprint density at radius 2 is 1.75 bits per heavy atom. The molecule has 0 aliphatic carbocycles. The third-order valence-electron chi connectivity index (χ3n) is 4.41. The van der Waals surface area contributed by atoms with Gasteiger partial charge in [0.2, 0.25) is 0 Å². The highest BCUT2D eigenvalue weighted by molar-refractivity contribution is 5.92. The highest BCUT2D eigenvalue weighted by atomic mass is 19.1. The van der Waals surface area contributed by atoms with Crippen molar-refractivity contribution in [1.82, 2.24) is 9.55 Å². The number of fused-ring (bicyclic) bond motifs is 1. The van der Waals surface area contributed by atoms with Gasteiger partial charge in [-0.25, -0.2) is 9.37 Å². The van der Waals surface area contributed by atoms with Crippen LogP contribution in [0.3, 0.4) is 0 Å². The molecule has 0 unspecified atom stereocenters. The van der Waals surface area contributed by atoms with Gasteiger partial charge in [-0.15, -0.1) is 0 Å². The minimum absolute atomic E-state index is 0.0508. The van der Waals surface area contributed by atoms with Crippen molar-refractivity contribution in [3.8, 4) is 17.1 Å². The van der Waals surface area contributed by atoms with Gasteiger partial charge in [0.25, 0.3) is 5.91 Å². The summed E-state index contributed by atoms with van der Waals surface area (Å²) in [6.07, 6.45) is 0. The van der Waals surface area contributed by atoms with Crippen LogP contribution >= 0.6 is 0 Å². The molecular weight excluding hydrogens is 357 g/mol. The molecule has 1 heterocycles. The van der Waals surface area contributed by atoms with Crippen LogP contribution in [0.5, 0.6) is 5.75 Å². The van der Waals surface area contributed by atoms with Crippen LogP contribution in [0, 0.1) is 5.82 Å². The van der Waals surface area contributed by atoms with Gasteiger partial charge < -0.3 is 14.6 Å². The number of rotatable bonds is 5. The molecule has 0 fully saturated rings. The SMILES string of the molecule is Cn1c(-c2ccc(NC(=O)COc3ccccc3F)cc2)nc2ccccc21. The average Bonchev–Trinajstić information content (AvgIpc) is 3.05. The average molecular weight is 375 g/mol. The third kappa shape index (κ3) is 3.57. The number of nitrogens with zero attached hydrogens (tertiary/aromatic N) is 2. The van der Waals surface area contributed by atoms with Crippen LogP contribution in [-0.4, -0.2) is 22.1 Å². The quantitative estimate of drug-likeness (QED) is 0.563. The van der Waals surface area contributed by atoms with Crippen LogP contribution in [0.25, 0.3) is 22.4 Å². The molecule has 0 radical (unpaired) electrons. The number of para-hydroxylation sites is 3. The van der Waals surface area contributed by atoms with E-state index in [2.05, 4.69) is 10.3 Å². The molecule has 28 heavy (non-hydrogen) atoms. The van der Waals surface area contributed by atoms with Gasteiger partial charge in [-0.05, 0) is 48.5 Å². The Labute approximate surface area is 161 Å². The molecule has 1 N–H and O–H groups in total. The molecule has 0 saturated carbocycles. The molecule has 1 amide bonds. The standard InChI is InChI=1S/C22H18FN3O2/c1-26-19-8-4-3-7-18(19)25-22(26)15-10-12-16(13-11-15)24-21(27)14-28-20-9-5-2-6-17(20)23/h2-13H,14H2,1H3,(H,24,27). The lowest BCUT2D eigenvalue weighted by molar-refractivity contribution is -0.118. The Morgan fingerprint density at radius 1 is 1.04 bits per heavy atom. The Kier molecular flexibility index (Phi) is 4.76. The normalized spacial score (nSPS) is 10.8. The first-order chi connectivity index (χ1) is 13.6. The van der Waals surface area contributed by atoms with Crippen molar-refractivity contribution >= 4 is 22.6 Å². The van der Waals surface area contributed by atoms with Gasteiger partial charge in [0.05, 0.1) is 11.0 Å². The second kappa shape index (κ2) is 7.52. The van der Waals surface area contributed by atoms with E-state index in [0.29, 0.717) is 5.69 Å². The number of halogens is 1. The lowest BCUT2D eigenvalue weighted by atomic mass is 10.2. The number of ether oxygens (including phenoxy) is 1. The number of carbonyl (C=O) groups excluding carboxylic acids is 1. The Balaban J connectivity index is 1.43. The molecule has 0 aliphatic heterocycles. The fourth-order valence-corrected chi connectivity index (χ4v) is 3.01. The predicted molar refractivity (Wildman–Crippen MR) is 107 cm³/mol. The number of anilines is 1. The van der Waals surface area contributed by atoms with E-state index in [0.717, 1.165) is 22.4 Å². The van der Waals surface area contributed by atoms with E-state index in [1.807, 2.05) is 48.0 Å². The number of benzene rings is 3. The molecule has 5 nitrogen and oxygen atoms in total. The van der Waals surface area contributed by atoms with Crippen molar-refractivity contribution in [2.24, 2.45) is 7.05 Å². The Bertz CT molecular complexity index is 1140. The molecule has 0 saturated heterocycles. The number of hydrogen-bond donors (Lipinski definition) is 1. The summed E-state index contributed by atoms with van der Waals surface area (Å²) in [6, 6.07) is 21.3. The van der Waals surface area contributed by atoms with E-state index >= 15 is 0 Å². The minimum atomic E-state index is -0.498. The van der Waals surface area contributed by atoms with Crippen molar-refractivity contribution in [3.05, 3.63) is 78.6 Å². The largest absolute Gasteiger partial charge is 0.481 e. The van der Waals surface area contributed by atoms with Gasteiger partial charge in [-0.2, -0.15) is 0 Å². The summed E-state index contributed by atoms with van der Waals surface area (Å²) < 4.78 is 20.8. The maximum absolute atomic E-state index is 13.5. The molecular formula is C22H18FN3O2. The topological polar surface area (TPSA) is 56.2 Å². The van der Waals surface area contributed by atoms with E-state index in [9.17, 15) is 9.18 Å². The molecule has 0 spiro atoms. The number of imidazole rings is 1. The highest BCUT2D eigenvalue weighted by Gasteiger charge is 2.10. The van der Waals surface area contributed by atoms with E-state index < -0.39 is 5.82 Å². The molecule has 4 rings (SSSR count). The summed E-state index contributed by atoms with van der Waals surface area (Å²) in [5.74, 6) is 0.0395.